The number of nitrogens with one attached hydrogen (secondary N) is 1. The van der Waals surface area contributed by atoms with Gasteiger partial charge in [-0.2, -0.15) is 0 Å². The molecule has 18 heavy (non-hydrogen) atoms. The minimum Gasteiger partial charge on any atom is -0.309 e. The van der Waals surface area contributed by atoms with Crippen LogP contribution in [-0.2, 0) is 0 Å². The normalized spacial score (nSPS) is 12.6. The van der Waals surface area contributed by atoms with E-state index < -0.39 is 0 Å². The Hall–Kier alpha value is -0.480. The molecule has 0 aliphatic heterocycles. The lowest BCUT2D eigenvalue weighted by atomic mass is 10.3. The lowest BCUT2D eigenvalue weighted by molar-refractivity contribution is 0.610. The zero-order valence-electron chi connectivity index (χ0n) is 10.2. The highest BCUT2D eigenvalue weighted by atomic mass is 35.5. The number of benzene rings is 1. The zero-order valence-corrected chi connectivity index (χ0v) is 12.6. The molecule has 1 aromatic carbocycles. The first kappa shape index (κ1) is 13.9. The van der Waals surface area contributed by atoms with Gasteiger partial charge in [0.15, 0.2) is 0 Å². The van der Waals surface area contributed by atoms with Crippen molar-refractivity contribution in [1.29, 1.82) is 0 Å². The minimum atomic E-state index is 0.441. The fraction of sp³-hybridized carbons (Fsp3) is 0.286. The number of halogens is 1. The molecule has 1 unspecified atom stereocenters. The molecule has 1 atom stereocenters. The summed E-state index contributed by atoms with van der Waals surface area (Å²) in [5, 5.41) is 6.45. The van der Waals surface area contributed by atoms with Crippen LogP contribution in [0.25, 0.3) is 0 Å². The summed E-state index contributed by atoms with van der Waals surface area (Å²) < 4.78 is 0. The van der Waals surface area contributed by atoms with Gasteiger partial charge in [0.1, 0.15) is 0 Å². The Balaban J connectivity index is 1.68. The Morgan fingerprint density at radius 1 is 1.28 bits per heavy atom. The van der Waals surface area contributed by atoms with E-state index in [0.29, 0.717) is 6.04 Å². The Kier molecular flexibility index (Phi) is 5.57. The summed E-state index contributed by atoms with van der Waals surface area (Å²) in [6, 6.07) is 12.7. The average Bonchev–Trinajstić information content (AvgIpc) is 2.90. The highest BCUT2D eigenvalue weighted by Crippen LogP contribution is 2.21. The summed E-state index contributed by atoms with van der Waals surface area (Å²) in [5.41, 5.74) is 0. The maximum Gasteiger partial charge on any atom is 0.0406 e. The van der Waals surface area contributed by atoms with Crippen LogP contribution in [0.3, 0.4) is 0 Å². The van der Waals surface area contributed by atoms with E-state index >= 15 is 0 Å². The first-order valence-electron chi connectivity index (χ1n) is 5.91. The third kappa shape index (κ3) is 4.32. The molecule has 0 amide bonds. The van der Waals surface area contributed by atoms with E-state index in [-0.39, 0.29) is 0 Å². The van der Waals surface area contributed by atoms with Crippen molar-refractivity contribution in [1.82, 2.24) is 5.32 Å². The second kappa shape index (κ2) is 7.19. The number of thioether (sulfide) groups is 1. The predicted molar refractivity (Wildman–Crippen MR) is 82.9 cm³/mol. The molecule has 0 fully saturated rings. The van der Waals surface area contributed by atoms with Crippen molar-refractivity contribution < 1.29 is 0 Å². The van der Waals surface area contributed by atoms with E-state index in [4.69, 9.17) is 11.6 Å². The highest BCUT2D eigenvalue weighted by Gasteiger charge is 2.04. The van der Waals surface area contributed by atoms with Gasteiger partial charge in [-0.15, -0.1) is 23.1 Å². The molecule has 1 N–H and O–H groups in total. The van der Waals surface area contributed by atoms with E-state index in [1.165, 1.54) is 9.77 Å². The number of hydrogen-bond acceptors (Lipinski definition) is 3. The van der Waals surface area contributed by atoms with Gasteiger partial charge >= 0.3 is 0 Å². The van der Waals surface area contributed by atoms with Crippen molar-refractivity contribution >= 4 is 34.7 Å². The molecular weight excluding hydrogens is 282 g/mol. The average molecular weight is 298 g/mol. The van der Waals surface area contributed by atoms with E-state index in [9.17, 15) is 0 Å². The fourth-order valence-corrected chi connectivity index (χ4v) is 3.28. The second-order valence-electron chi connectivity index (χ2n) is 3.99. The summed E-state index contributed by atoms with van der Waals surface area (Å²) in [5.74, 6) is 1.07. The van der Waals surface area contributed by atoms with Gasteiger partial charge in [-0.05, 0) is 42.6 Å². The fourth-order valence-electron chi connectivity index (χ4n) is 1.61. The van der Waals surface area contributed by atoms with Gasteiger partial charge in [0.05, 0.1) is 0 Å². The Bertz CT molecular complexity index is 453. The van der Waals surface area contributed by atoms with Crippen molar-refractivity contribution in [2.75, 3.05) is 12.3 Å². The minimum absolute atomic E-state index is 0.441. The van der Waals surface area contributed by atoms with Crippen LogP contribution >= 0.6 is 34.7 Å². The maximum absolute atomic E-state index is 5.85. The topological polar surface area (TPSA) is 12.0 Å². The standard InChI is InChI=1S/C14H16ClNS2/c1-11(14-3-2-9-18-14)16-8-10-17-13-6-4-12(15)5-7-13/h2-7,9,11,16H,8,10H2,1H3. The molecule has 1 nitrogen and oxygen atoms in total. The van der Waals surface area contributed by atoms with Gasteiger partial charge in [-0.1, -0.05) is 17.7 Å². The van der Waals surface area contributed by atoms with Crippen LogP contribution in [0.2, 0.25) is 5.02 Å². The van der Waals surface area contributed by atoms with E-state index in [2.05, 4.69) is 41.9 Å². The van der Waals surface area contributed by atoms with Crippen LogP contribution in [0.4, 0.5) is 0 Å². The lowest BCUT2D eigenvalue weighted by Crippen LogP contribution is -2.20. The SMILES string of the molecule is CC(NCCSc1ccc(Cl)cc1)c1cccs1. The molecule has 0 aliphatic carbocycles. The van der Waals surface area contributed by atoms with E-state index in [1.54, 1.807) is 11.3 Å². The summed E-state index contributed by atoms with van der Waals surface area (Å²) >= 11 is 9.50. The molecule has 0 aliphatic rings. The smallest absolute Gasteiger partial charge is 0.0406 e. The first-order valence-corrected chi connectivity index (χ1v) is 8.15. The molecule has 0 saturated carbocycles. The van der Waals surface area contributed by atoms with Crippen LogP contribution in [0, 0.1) is 0 Å². The van der Waals surface area contributed by atoms with Gasteiger partial charge in [0, 0.05) is 33.1 Å². The van der Waals surface area contributed by atoms with E-state index in [1.807, 2.05) is 23.9 Å². The molecule has 1 heterocycles. The number of hydrogen-bond donors (Lipinski definition) is 1. The predicted octanol–water partition coefficient (Wildman–Crippen LogP) is 4.84. The molecule has 2 rings (SSSR count). The van der Waals surface area contributed by atoms with E-state index in [0.717, 1.165) is 17.3 Å². The molecule has 1 aromatic heterocycles. The molecule has 0 spiro atoms. The van der Waals surface area contributed by atoms with Crippen molar-refractivity contribution in [2.24, 2.45) is 0 Å². The zero-order chi connectivity index (χ0) is 12.8. The highest BCUT2D eigenvalue weighted by molar-refractivity contribution is 7.99. The monoisotopic (exact) mass is 297 g/mol. The Morgan fingerprint density at radius 2 is 2.06 bits per heavy atom. The number of thiophene rings is 1. The molecule has 0 saturated heterocycles. The summed E-state index contributed by atoms with van der Waals surface area (Å²) in [4.78, 5) is 2.66. The molecule has 2 aromatic rings. The summed E-state index contributed by atoms with van der Waals surface area (Å²) in [7, 11) is 0. The maximum atomic E-state index is 5.85. The van der Waals surface area contributed by atoms with Crippen molar-refractivity contribution in [3.8, 4) is 0 Å². The van der Waals surface area contributed by atoms with Crippen molar-refractivity contribution in [3.05, 3.63) is 51.7 Å². The first-order chi connectivity index (χ1) is 8.75. The van der Waals surface area contributed by atoms with Gasteiger partial charge < -0.3 is 5.32 Å². The van der Waals surface area contributed by atoms with Crippen LogP contribution in [0.5, 0.6) is 0 Å². The Morgan fingerprint density at radius 3 is 2.72 bits per heavy atom. The second-order valence-corrected chi connectivity index (χ2v) is 6.58. The quantitative estimate of drug-likeness (QED) is 0.604. The molecule has 0 bridgehead atoms. The molecule has 0 radical (unpaired) electrons. The summed E-state index contributed by atoms with van der Waals surface area (Å²) in [6.07, 6.45) is 0. The molecule has 96 valence electrons. The van der Waals surface area contributed by atoms with Gasteiger partial charge in [0.25, 0.3) is 0 Å². The van der Waals surface area contributed by atoms with Crippen LogP contribution in [0.15, 0.2) is 46.7 Å². The van der Waals surface area contributed by atoms with Gasteiger partial charge in [-0.3, -0.25) is 0 Å². The van der Waals surface area contributed by atoms with Crippen LogP contribution in [-0.4, -0.2) is 12.3 Å². The number of rotatable bonds is 6. The molecular formula is C14H16ClNS2. The third-order valence-corrected chi connectivity index (χ3v) is 4.93. The van der Waals surface area contributed by atoms with Crippen LogP contribution < -0.4 is 5.32 Å². The van der Waals surface area contributed by atoms with Gasteiger partial charge in [0.2, 0.25) is 0 Å². The van der Waals surface area contributed by atoms with Crippen molar-refractivity contribution in [3.63, 3.8) is 0 Å². The largest absolute Gasteiger partial charge is 0.309 e. The molecule has 4 heteroatoms. The lowest BCUT2D eigenvalue weighted by Gasteiger charge is -2.11. The summed E-state index contributed by atoms with van der Waals surface area (Å²) in [6.45, 7) is 3.21. The third-order valence-electron chi connectivity index (χ3n) is 2.60. The van der Waals surface area contributed by atoms with Crippen molar-refractivity contribution in [2.45, 2.75) is 17.9 Å². The van der Waals surface area contributed by atoms with Crippen LogP contribution in [0.1, 0.15) is 17.8 Å². The van der Waals surface area contributed by atoms with Gasteiger partial charge in [-0.25, -0.2) is 0 Å². The Labute approximate surface area is 122 Å².